The summed E-state index contributed by atoms with van der Waals surface area (Å²) in [5.41, 5.74) is 3.23. The van der Waals surface area contributed by atoms with E-state index in [9.17, 15) is 9.59 Å². The summed E-state index contributed by atoms with van der Waals surface area (Å²) in [5.74, 6) is 1.10. The van der Waals surface area contributed by atoms with Crippen LogP contribution in [-0.4, -0.2) is 35.9 Å². The molecule has 0 unspecified atom stereocenters. The molecule has 0 fully saturated rings. The van der Waals surface area contributed by atoms with Crippen LogP contribution in [0.5, 0.6) is 11.5 Å². The molecule has 0 atom stereocenters. The zero-order valence-corrected chi connectivity index (χ0v) is 17.4. The van der Waals surface area contributed by atoms with E-state index in [-0.39, 0.29) is 24.4 Å². The molecule has 0 aliphatic carbocycles. The average molecular weight is 433 g/mol. The van der Waals surface area contributed by atoms with Crippen LogP contribution in [0.2, 0.25) is 0 Å². The number of aromatic nitrogens is 1. The number of hydrogen-bond acceptors (Lipinski definition) is 6. The van der Waals surface area contributed by atoms with E-state index in [1.54, 1.807) is 41.4 Å². The summed E-state index contributed by atoms with van der Waals surface area (Å²) in [5, 5.41) is 3.38. The Hall–Kier alpha value is -3.52. The van der Waals surface area contributed by atoms with Crippen LogP contribution in [0, 0.1) is 0 Å². The Morgan fingerprint density at radius 1 is 1.06 bits per heavy atom. The van der Waals surface area contributed by atoms with E-state index in [4.69, 9.17) is 9.47 Å². The number of amides is 2. The van der Waals surface area contributed by atoms with Gasteiger partial charge in [-0.1, -0.05) is 30.0 Å². The minimum absolute atomic E-state index is 0.100. The zero-order chi connectivity index (χ0) is 21.2. The zero-order valence-electron chi connectivity index (χ0n) is 16.5. The fourth-order valence-electron chi connectivity index (χ4n) is 3.67. The summed E-state index contributed by atoms with van der Waals surface area (Å²) in [6, 6.07) is 16.7. The van der Waals surface area contributed by atoms with Crippen LogP contribution in [0.25, 0.3) is 0 Å². The largest absolute Gasteiger partial charge is 0.454 e. The van der Waals surface area contributed by atoms with Gasteiger partial charge in [-0.05, 0) is 42.3 Å². The maximum Gasteiger partial charge on any atom is 0.261 e. The molecule has 31 heavy (non-hydrogen) atoms. The number of nitrogens with one attached hydrogen (secondary N) is 1. The highest BCUT2D eigenvalue weighted by Gasteiger charge is 2.27. The lowest BCUT2D eigenvalue weighted by Crippen LogP contribution is -2.29. The molecule has 3 aromatic rings. The van der Waals surface area contributed by atoms with Crippen LogP contribution in [-0.2, 0) is 11.2 Å². The lowest BCUT2D eigenvalue weighted by atomic mass is 10.2. The minimum Gasteiger partial charge on any atom is -0.454 e. The van der Waals surface area contributed by atoms with Gasteiger partial charge in [-0.3, -0.25) is 9.59 Å². The molecule has 5 rings (SSSR count). The Morgan fingerprint density at radius 2 is 1.94 bits per heavy atom. The molecule has 8 heteroatoms. The maximum absolute atomic E-state index is 13.2. The van der Waals surface area contributed by atoms with Crippen molar-refractivity contribution in [2.45, 2.75) is 11.4 Å². The second-order valence-corrected chi connectivity index (χ2v) is 8.06. The summed E-state index contributed by atoms with van der Waals surface area (Å²) in [6.45, 7) is 0.822. The van der Waals surface area contributed by atoms with Gasteiger partial charge in [0.05, 0.1) is 11.3 Å². The first-order valence-electron chi connectivity index (χ1n) is 9.86. The maximum atomic E-state index is 13.2. The van der Waals surface area contributed by atoms with Gasteiger partial charge < -0.3 is 19.7 Å². The highest BCUT2D eigenvalue weighted by Crippen LogP contribution is 2.34. The molecule has 0 spiro atoms. The Labute approximate surface area is 183 Å². The van der Waals surface area contributed by atoms with Crippen molar-refractivity contribution < 1.29 is 19.1 Å². The predicted octanol–water partition coefficient (Wildman–Crippen LogP) is 3.74. The highest BCUT2D eigenvalue weighted by molar-refractivity contribution is 8.00. The van der Waals surface area contributed by atoms with Gasteiger partial charge >= 0.3 is 0 Å². The molecule has 0 bridgehead atoms. The van der Waals surface area contributed by atoms with Gasteiger partial charge in [0, 0.05) is 30.2 Å². The van der Waals surface area contributed by atoms with Crippen LogP contribution >= 0.6 is 11.8 Å². The van der Waals surface area contributed by atoms with Crippen LogP contribution in [0.15, 0.2) is 65.8 Å². The Bertz CT molecular complexity index is 1170. The van der Waals surface area contributed by atoms with E-state index in [0.717, 1.165) is 17.7 Å². The van der Waals surface area contributed by atoms with Crippen molar-refractivity contribution >= 4 is 35.0 Å². The molecule has 1 N–H and O–H groups in total. The second kappa shape index (κ2) is 8.31. The van der Waals surface area contributed by atoms with Gasteiger partial charge in [0.15, 0.2) is 11.5 Å². The number of para-hydroxylation sites is 1. The first-order valence-corrected chi connectivity index (χ1v) is 10.8. The molecular formula is C23H19N3O4S. The smallest absolute Gasteiger partial charge is 0.261 e. The summed E-state index contributed by atoms with van der Waals surface area (Å²) >= 11 is 1.24. The molecule has 7 nitrogen and oxygen atoms in total. The standard InChI is InChI=1S/C23H19N3O4S/c27-21(25-16-7-8-19-20(12-16)30-14-29-19)13-31-22-17(5-3-10-24-22)23(28)26-11-9-15-4-1-2-6-18(15)26/h1-8,10,12H,9,11,13-14H2,(H,25,27). The van der Waals surface area contributed by atoms with Crippen molar-refractivity contribution in [2.24, 2.45) is 0 Å². The summed E-state index contributed by atoms with van der Waals surface area (Å²) < 4.78 is 10.6. The number of rotatable bonds is 5. The van der Waals surface area contributed by atoms with Crippen molar-refractivity contribution in [2.75, 3.05) is 29.3 Å². The van der Waals surface area contributed by atoms with Gasteiger partial charge in [0.1, 0.15) is 5.03 Å². The third-order valence-corrected chi connectivity index (χ3v) is 6.14. The summed E-state index contributed by atoms with van der Waals surface area (Å²) in [7, 11) is 0. The number of anilines is 2. The normalized spacial score (nSPS) is 13.7. The fourth-order valence-corrected chi connectivity index (χ4v) is 4.45. The van der Waals surface area contributed by atoms with Gasteiger partial charge in [0.25, 0.3) is 5.91 Å². The van der Waals surface area contributed by atoms with Crippen molar-refractivity contribution in [1.82, 2.24) is 4.98 Å². The molecule has 156 valence electrons. The van der Waals surface area contributed by atoms with E-state index >= 15 is 0 Å². The lowest BCUT2D eigenvalue weighted by Gasteiger charge is -2.18. The SMILES string of the molecule is O=C(CSc1ncccc1C(=O)N1CCc2ccccc21)Nc1ccc2c(c1)OCO2. The Balaban J connectivity index is 1.27. The van der Waals surface area contributed by atoms with E-state index < -0.39 is 0 Å². The molecule has 2 aliphatic heterocycles. The lowest BCUT2D eigenvalue weighted by molar-refractivity contribution is -0.113. The van der Waals surface area contributed by atoms with Gasteiger partial charge in [0.2, 0.25) is 12.7 Å². The molecule has 0 saturated carbocycles. The van der Waals surface area contributed by atoms with Crippen LogP contribution in [0.1, 0.15) is 15.9 Å². The molecular weight excluding hydrogens is 414 g/mol. The second-order valence-electron chi connectivity index (χ2n) is 7.10. The third-order valence-electron chi connectivity index (χ3n) is 5.13. The topological polar surface area (TPSA) is 80.8 Å². The number of fused-ring (bicyclic) bond motifs is 2. The van der Waals surface area contributed by atoms with E-state index in [1.807, 2.05) is 24.3 Å². The molecule has 2 aliphatic rings. The average Bonchev–Trinajstić information content (AvgIpc) is 3.44. The first kappa shape index (κ1) is 19.4. The Kier molecular flexibility index (Phi) is 5.21. The third kappa shape index (κ3) is 3.94. The van der Waals surface area contributed by atoms with Crippen LogP contribution in [0.3, 0.4) is 0 Å². The van der Waals surface area contributed by atoms with E-state index in [2.05, 4.69) is 10.3 Å². The van der Waals surface area contributed by atoms with Crippen molar-refractivity contribution in [3.8, 4) is 11.5 Å². The number of ether oxygens (including phenoxy) is 2. The minimum atomic E-state index is -0.195. The summed E-state index contributed by atoms with van der Waals surface area (Å²) in [4.78, 5) is 31.8. The van der Waals surface area contributed by atoms with Crippen molar-refractivity contribution in [3.05, 3.63) is 71.9 Å². The number of benzene rings is 2. The summed E-state index contributed by atoms with van der Waals surface area (Å²) in [6.07, 6.45) is 2.47. The van der Waals surface area contributed by atoms with Gasteiger partial charge in [-0.15, -0.1) is 0 Å². The monoisotopic (exact) mass is 433 g/mol. The number of pyridine rings is 1. The quantitative estimate of drug-likeness (QED) is 0.618. The van der Waals surface area contributed by atoms with E-state index in [1.165, 1.54) is 11.8 Å². The van der Waals surface area contributed by atoms with Gasteiger partial charge in [-0.25, -0.2) is 4.98 Å². The number of hydrogen-bond donors (Lipinski definition) is 1. The predicted molar refractivity (Wildman–Crippen MR) is 118 cm³/mol. The Morgan fingerprint density at radius 3 is 2.87 bits per heavy atom. The van der Waals surface area contributed by atoms with Gasteiger partial charge in [-0.2, -0.15) is 0 Å². The molecule has 0 saturated heterocycles. The number of thioether (sulfide) groups is 1. The molecule has 3 heterocycles. The number of carbonyl (C=O) groups is 2. The van der Waals surface area contributed by atoms with Crippen LogP contribution < -0.4 is 19.7 Å². The number of carbonyl (C=O) groups excluding carboxylic acids is 2. The number of nitrogens with zero attached hydrogens (tertiary/aromatic N) is 2. The molecule has 2 amide bonds. The first-order chi connectivity index (χ1) is 15.2. The fraction of sp³-hybridized carbons (Fsp3) is 0.174. The van der Waals surface area contributed by atoms with Crippen molar-refractivity contribution in [3.63, 3.8) is 0 Å². The molecule has 1 aromatic heterocycles. The van der Waals surface area contributed by atoms with E-state index in [0.29, 0.717) is 34.3 Å². The van der Waals surface area contributed by atoms with Crippen LogP contribution in [0.4, 0.5) is 11.4 Å². The molecule has 0 radical (unpaired) electrons. The van der Waals surface area contributed by atoms with Crippen molar-refractivity contribution in [1.29, 1.82) is 0 Å². The molecule has 2 aromatic carbocycles. The highest BCUT2D eigenvalue weighted by atomic mass is 32.2.